The van der Waals surface area contributed by atoms with Gasteiger partial charge in [0.15, 0.2) is 0 Å². The molecule has 0 amide bonds. The highest BCUT2D eigenvalue weighted by molar-refractivity contribution is 6.03. The zero-order valence-electron chi connectivity index (χ0n) is 12.6. The van der Waals surface area contributed by atoms with Crippen molar-refractivity contribution in [2.45, 2.75) is 13.8 Å². The molecule has 1 heterocycles. The molecule has 3 rings (SSSR count). The largest absolute Gasteiger partial charge is 0.508 e. The second-order valence-electron chi connectivity index (χ2n) is 5.17. The van der Waals surface area contributed by atoms with Gasteiger partial charge in [0, 0.05) is 10.9 Å². The monoisotopic (exact) mass is 296 g/mol. The lowest BCUT2D eigenvalue weighted by Gasteiger charge is -2.13. The molecule has 0 atom stereocenters. The highest BCUT2D eigenvalue weighted by Gasteiger charge is 2.18. The average molecular weight is 296 g/mol. The van der Waals surface area contributed by atoms with Crippen LogP contribution in [-0.2, 0) is 4.74 Å². The number of nitrogens with zero attached hydrogens (tertiary/aromatic N) is 2. The number of para-hydroxylation sites is 1. The van der Waals surface area contributed by atoms with Gasteiger partial charge in [-0.05, 0) is 31.5 Å². The summed E-state index contributed by atoms with van der Waals surface area (Å²) in [6.07, 6.45) is 1.70. The number of phenolic OH excluding ortho intramolecular Hbond substituents is 1. The highest BCUT2D eigenvalue weighted by Crippen LogP contribution is 2.30. The first-order valence-electron chi connectivity index (χ1n) is 6.89. The third kappa shape index (κ3) is 2.02. The predicted octanol–water partition coefficient (Wildman–Crippen LogP) is 3.13. The minimum absolute atomic E-state index is 0.194. The van der Waals surface area contributed by atoms with Crippen LogP contribution in [0.15, 0.2) is 36.5 Å². The fraction of sp³-hybridized carbons (Fsp3) is 0.176. The Hall–Kier alpha value is -2.82. The van der Waals surface area contributed by atoms with E-state index in [1.807, 2.05) is 26.0 Å². The number of esters is 1. The normalized spacial score (nSPS) is 10.9. The van der Waals surface area contributed by atoms with Gasteiger partial charge in [0.1, 0.15) is 5.75 Å². The van der Waals surface area contributed by atoms with Gasteiger partial charge in [0.2, 0.25) is 0 Å². The van der Waals surface area contributed by atoms with E-state index in [2.05, 4.69) is 5.10 Å². The van der Waals surface area contributed by atoms with E-state index in [0.717, 1.165) is 16.6 Å². The maximum atomic E-state index is 12.0. The number of hydrogen-bond donors (Lipinski definition) is 1. The van der Waals surface area contributed by atoms with Gasteiger partial charge in [0.25, 0.3) is 0 Å². The minimum atomic E-state index is -0.414. The van der Waals surface area contributed by atoms with Gasteiger partial charge in [-0.1, -0.05) is 18.2 Å². The molecule has 2 aromatic carbocycles. The molecule has 0 unspecified atom stereocenters. The van der Waals surface area contributed by atoms with E-state index < -0.39 is 5.97 Å². The molecule has 0 radical (unpaired) electrons. The van der Waals surface area contributed by atoms with Gasteiger partial charge < -0.3 is 9.84 Å². The van der Waals surface area contributed by atoms with Crippen LogP contribution in [0.25, 0.3) is 16.6 Å². The van der Waals surface area contributed by atoms with Crippen LogP contribution in [0, 0.1) is 13.8 Å². The van der Waals surface area contributed by atoms with Crippen LogP contribution in [0.4, 0.5) is 0 Å². The lowest BCUT2D eigenvalue weighted by atomic mass is 10.1. The molecule has 0 spiro atoms. The number of ether oxygens (including phenoxy) is 1. The zero-order chi connectivity index (χ0) is 15.9. The van der Waals surface area contributed by atoms with E-state index in [1.165, 1.54) is 7.11 Å². The number of fused-ring (bicyclic) bond motifs is 1. The number of methoxy groups -OCH3 is 1. The lowest BCUT2D eigenvalue weighted by molar-refractivity contribution is 0.0602. The summed E-state index contributed by atoms with van der Waals surface area (Å²) in [4.78, 5) is 12.0. The molecule has 5 heteroatoms. The first-order valence-corrected chi connectivity index (χ1v) is 6.89. The molecule has 112 valence electrons. The van der Waals surface area contributed by atoms with Crippen molar-refractivity contribution in [1.29, 1.82) is 0 Å². The molecule has 0 bridgehead atoms. The molecule has 0 aliphatic rings. The number of aromatic hydroxyl groups is 1. The molecule has 22 heavy (non-hydrogen) atoms. The number of rotatable bonds is 2. The first kappa shape index (κ1) is 14.1. The summed E-state index contributed by atoms with van der Waals surface area (Å²) in [6.45, 7) is 3.77. The molecular formula is C17H16N2O3. The maximum Gasteiger partial charge on any atom is 0.340 e. The van der Waals surface area contributed by atoms with Crippen LogP contribution in [0.2, 0.25) is 0 Å². The fourth-order valence-electron chi connectivity index (χ4n) is 2.67. The van der Waals surface area contributed by atoms with Crippen LogP contribution in [-0.4, -0.2) is 28.0 Å². The number of hydrogen-bond acceptors (Lipinski definition) is 4. The van der Waals surface area contributed by atoms with Crippen molar-refractivity contribution in [2.24, 2.45) is 0 Å². The number of phenols is 1. The van der Waals surface area contributed by atoms with Gasteiger partial charge in [-0.2, -0.15) is 5.10 Å². The topological polar surface area (TPSA) is 64.3 Å². The quantitative estimate of drug-likeness (QED) is 0.738. The van der Waals surface area contributed by atoms with E-state index >= 15 is 0 Å². The molecule has 1 aromatic heterocycles. The number of aromatic nitrogens is 2. The molecule has 0 aliphatic carbocycles. The minimum Gasteiger partial charge on any atom is -0.508 e. The highest BCUT2D eigenvalue weighted by atomic mass is 16.5. The van der Waals surface area contributed by atoms with E-state index in [0.29, 0.717) is 16.6 Å². The number of aryl methyl sites for hydroxylation is 1. The smallest absolute Gasteiger partial charge is 0.340 e. The first-order chi connectivity index (χ1) is 10.5. The zero-order valence-corrected chi connectivity index (χ0v) is 12.6. The molecule has 0 aliphatic heterocycles. The van der Waals surface area contributed by atoms with Gasteiger partial charge in [0.05, 0.1) is 30.1 Å². The summed E-state index contributed by atoms with van der Waals surface area (Å²) in [5.74, 6) is -0.220. The van der Waals surface area contributed by atoms with Crippen LogP contribution in [0.1, 0.15) is 21.5 Å². The number of carbonyl (C=O) groups is 1. The average Bonchev–Trinajstić information content (AvgIpc) is 2.94. The van der Waals surface area contributed by atoms with Gasteiger partial charge in [-0.25, -0.2) is 9.48 Å². The van der Waals surface area contributed by atoms with Crippen molar-refractivity contribution >= 4 is 16.9 Å². The van der Waals surface area contributed by atoms with Crippen molar-refractivity contribution in [2.75, 3.05) is 7.11 Å². The lowest BCUT2D eigenvalue weighted by Crippen LogP contribution is -2.07. The van der Waals surface area contributed by atoms with Gasteiger partial charge >= 0.3 is 5.97 Å². The third-order valence-corrected chi connectivity index (χ3v) is 3.81. The van der Waals surface area contributed by atoms with Crippen LogP contribution in [0.3, 0.4) is 0 Å². The second-order valence-corrected chi connectivity index (χ2v) is 5.17. The Bertz CT molecular complexity index is 881. The Balaban J connectivity index is 2.39. The third-order valence-electron chi connectivity index (χ3n) is 3.81. The summed E-state index contributed by atoms with van der Waals surface area (Å²) in [5, 5.41) is 15.2. The summed E-state index contributed by atoms with van der Waals surface area (Å²) < 4.78 is 6.55. The van der Waals surface area contributed by atoms with Crippen LogP contribution < -0.4 is 0 Å². The Morgan fingerprint density at radius 1 is 1.23 bits per heavy atom. The predicted molar refractivity (Wildman–Crippen MR) is 83.5 cm³/mol. The van der Waals surface area contributed by atoms with E-state index in [-0.39, 0.29) is 5.75 Å². The molecular weight excluding hydrogens is 280 g/mol. The van der Waals surface area contributed by atoms with Crippen molar-refractivity contribution < 1.29 is 14.6 Å². The Morgan fingerprint density at radius 2 is 2.00 bits per heavy atom. The summed E-state index contributed by atoms with van der Waals surface area (Å²) in [6, 6.07) is 8.87. The number of carbonyl (C=O) groups excluding carboxylic acids is 1. The molecule has 0 saturated heterocycles. The fourth-order valence-corrected chi connectivity index (χ4v) is 2.67. The summed E-state index contributed by atoms with van der Waals surface area (Å²) in [7, 11) is 1.35. The molecule has 0 fully saturated rings. The molecule has 1 N–H and O–H groups in total. The van der Waals surface area contributed by atoms with Gasteiger partial charge in [-0.3, -0.25) is 0 Å². The van der Waals surface area contributed by atoms with Gasteiger partial charge in [-0.15, -0.1) is 0 Å². The van der Waals surface area contributed by atoms with E-state index in [4.69, 9.17) is 4.74 Å². The van der Waals surface area contributed by atoms with Crippen LogP contribution >= 0.6 is 0 Å². The van der Waals surface area contributed by atoms with Crippen molar-refractivity contribution in [1.82, 2.24) is 9.78 Å². The maximum absolute atomic E-state index is 12.0. The van der Waals surface area contributed by atoms with E-state index in [1.54, 1.807) is 29.1 Å². The number of benzene rings is 2. The molecule has 5 nitrogen and oxygen atoms in total. The molecule has 0 saturated carbocycles. The van der Waals surface area contributed by atoms with Crippen molar-refractivity contribution in [3.8, 4) is 11.4 Å². The molecule has 3 aromatic rings. The van der Waals surface area contributed by atoms with Crippen molar-refractivity contribution in [3.05, 3.63) is 53.2 Å². The standard InChI is InChI=1S/C17H16N2O3/c1-10-7-8-14(20)11(2)15(10)19-16-12(9-18-19)5-4-6-13(16)17(21)22-3/h4-9,20H,1-3H3. The van der Waals surface area contributed by atoms with E-state index in [9.17, 15) is 9.90 Å². The second kappa shape index (κ2) is 5.18. The van der Waals surface area contributed by atoms with Crippen molar-refractivity contribution in [3.63, 3.8) is 0 Å². The summed E-state index contributed by atoms with van der Waals surface area (Å²) in [5.41, 5.74) is 3.56. The Labute approximate surface area is 127 Å². The van der Waals surface area contributed by atoms with Crippen LogP contribution in [0.5, 0.6) is 5.75 Å². The Morgan fingerprint density at radius 3 is 2.73 bits per heavy atom. The SMILES string of the molecule is COC(=O)c1cccc2cnn(-c3c(C)ccc(O)c3C)c12. The Kier molecular flexibility index (Phi) is 3.33. The summed E-state index contributed by atoms with van der Waals surface area (Å²) >= 11 is 0.